The van der Waals surface area contributed by atoms with Crippen LogP contribution in [0.25, 0.3) is 0 Å². The second kappa shape index (κ2) is 24.5. The summed E-state index contributed by atoms with van der Waals surface area (Å²) in [5.74, 6) is -0.133. The Morgan fingerprint density at radius 3 is 1.71 bits per heavy atom. The molecule has 11 N–H and O–H groups in total. The van der Waals surface area contributed by atoms with E-state index in [9.17, 15) is 24.0 Å². The molecule has 0 spiro atoms. The van der Waals surface area contributed by atoms with Crippen molar-refractivity contribution in [3.8, 4) is 0 Å². The van der Waals surface area contributed by atoms with E-state index in [1.807, 2.05) is 46.8 Å². The molecular weight excluding hydrogens is 941 g/mol. The molecule has 8 rings (SSSR count). The molecule has 0 aliphatic carbocycles. The van der Waals surface area contributed by atoms with E-state index in [-0.39, 0.29) is 47.3 Å². The molecular formula is C45H66N16O7S2. The van der Waals surface area contributed by atoms with E-state index in [0.717, 1.165) is 92.6 Å². The fraction of sp³-hybridized carbons (Fsp3) is 0.578. The Bertz CT molecular complexity index is 2430. The summed E-state index contributed by atoms with van der Waals surface area (Å²) in [6, 6.07) is 3.94. The highest BCUT2D eigenvalue weighted by atomic mass is 32.1. The number of nitrogens with one attached hydrogen (secondary N) is 4. The standard InChI is InChI=1S/C20H28N8O2S.C14H19N7OS.C11H19NO4/c1-12-9-16(31-27-12)26-19-17(18(21)29)23-10-15(25-19)28-8-2-3-14(11-28)24-20(30)13-4-6-22-7-5-13;1-8-5-11(23-20-8)19-14-12(13(16)22)17-6-10(18-14)21-4-2-3-9(15)7-21;1-11(2,3)16-10(15)12-6-4-8(5-7-12)9(13)14/h9-10,13-14,22H,2-8,11H2,1H3,(H2,21,29)(H,24,30)(H,25,26);5-6,9H,2-4,7,15H2,1H3,(H2,16,22)(H,18,19);8H,4-7H2,1-3H3,(H,13,14). The second-order valence-electron chi connectivity index (χ2n) is 18.7. The smallest absolute Gasteiger partial charge is 0.410 e. The first-order valence-electron chi connectivity index (χ1n) is 23.5. The summed E-state index contributed by atoms with van der Waals surface area (Å²) in [6.07, 6.45) is 9.47. The van der Waals surface area contributed by atoms with Gasteiger partial charge in [0.15, 0.2) is 23.0 Å². The number of nitrogens with zero attached hydrogens (tertiary/aromatic N) is 9. The van der Waals surface area contributed by atoms with Gasteiger partial charge in [0.1, 0.15) is 27.2 Å². The number of hydrogen-bond donors (Lipinski definition) is 8. The number of amides is 4. The zero-order valence-corrected chi connectivity index (χ0v) is 42.0. The number of primary amides is 2. The van der Waals surface area contributed by atoms with Gasteiger partial charge in [-0.15, -0.1) is 0 Å². The van der Waals surface area contributed by atoms with Gasteiger partial charge in [-0.2, -0.15) is 8.75 Å². The second-order valence-corrected chi connectivity index (χ2v) is 20.4. The van der Waals surface area contributed by atoms with E-state index < -0.39 is 23.4 Å². The first-order chi connectivity index (χ1) is 33.3. The van der Waals surface area contributed by atoms with Crippen molar-refractivity contribution in [1.82, 2.24) is 44.2 Å². The molecule has 4 aliphatic heterocycles. The molecule has 0 radical (unpaired) electrons. The van der Waals surface area contributed by atoms with E-state index in [1.165, 1.54) is 23.1 Å². The zero-order chi connectivity index (χ0) is 50.5. The number of aryl methyl sites for hydroxylation is 2. The van der Waals surface area contributed by atoms with Gasteiger partial charge in [-0.05, 0) is 134 Å². The molecule has 25 heteroatoms. The molecule has 23 nitrogen and oxygen atoms in total. The lowest BCUT2D eigenvalue weighted by atomic mass is 9.96. The Balaban J connectivity index is 0.000000182. The summed E-state index contributed by atoms with van der Waals surface area (Å²) in [5.41, 5.74) is 18.4. The molecule has 2 unspecified atom stereocenters. The Morgan fingerprint density at radius 2 is 1.26 bits per heavy atom. The average molecular weight is 1010 g/mol. The van der Waals surface area contributed by atoms with E-state index in [4.69, 9.17) is 27.0 Å². The maximum Gasteiger partial charge on any atom is 0.410 e. The minimum Gasteiger partial charge on any atom is -0.481 e. The van der Waals surface area contributed by atoms with Gasteiger partial charge in [0.25, 0.3) is 11.8 Å². The maximum absolute atomic E-state index is 12.6. The van der Waals surface area contributed by atoms with Crippen molar-refractivity contribution >= 4 is 86.1 Å². The molecule has 0 bridgehead atoms. The molecule has 4 fully saturated rings. The Kier molecular flexibility index (Phi) is 18.6. The summed E-state index contributed by atoms with van der Waals surface area (Å²) in [6.45, 7) is 15.0. The van der Waals surface area contributed by atoms with Gasteiger partial charge < -0.3 is 63.0 Å². The number of piperidine rings is 4. The minimum absolute atomic E-state index is 0.0642. The number of nitrogens with two attached hydrogens (primary N) is 3. The molecule has 4 saturated heterocycles. The van der Waals surface area contributed by atoms with Gasteiger partial charge >= 0.3 is 12.1 Å². The maximum atomic E-state index is 12.6. The number of carboxylic acids is 1. The SMILES string of the molecule is CC(C)(C)OC(=O)N1CCC(C(=O)O)CC1.Cc1cc(Nc2nc(N3CCCC(N)C3)cnc2C(N)=O)sn1.Cc1cc(Nc2nc(N3CCCC(NC(=O)C4CCNCC4)C3)cnc2C(N)=O)sn1. The molecule has 4 aliphatic rings. The molecule has 70 heavy (non-hydrogen) atoms. The van der Waals surface area contributed by atoms with Gasteiger partial charge in [-0.25, -0.2) is 24.7 Å². The number of likely N-dealkylation sites (tertiary alicyclic amines) is 1. The third kappa shape index (κ3) is 15.6. The largest absolute Gasteiger partial charge is 0.481 e. The number of carboxylic acid groups (broad SMARTS) is 1. The topological polar surface area (TPSA) is 328 Å². The molecule has 0 aromatic carbocycles. The third-order valence-corrected chi connectivity index (χ3v) is 13.4. The van der Waals surface area contributed by atoms with E-state index >= 15 is 0 Å². The van der Waals surface area contributed by atoms with Crippen LogP contribution < -0.4 is 48.3 Å². The fourth-order valence-corrected chi connectivity index (χ4v) is 9.56. The normalized spacial score (nSPS) is 18.9. The van der Waals surface area contributed by atoms with Crippen molar-refractivity contribution < 1.29 is 33.8 Å². The lowest BCUT2D eigenvalue weighted by molar-refractivity contribution is -0.143. The van der Waals surface area contributed by atoms with Gasteiger partial charge in [-0.1, -0.05) is 0 Å². The summed E-state index contributed by atoms with van der Waals surface area (Å²) in [4.78, 5) is 81.8. The monoisotopic (exact) mass is 1010 g/mol. The van der Waals surface area contributed by atoms with Crippen LogP contribution in [0.3, 0.4) is 0 Å². The third-order valence-electron chi connectivity index (χ3n) is 11.8. The number of ether oxygens (including phenoxy) is 1. The van der Waals surface area contributed by atoms with Crippen LogP contribution in [0.5, 0.6) is 0 Å². The Hall–Kier alpha value is -6.31. The van der Waals surface area contributed by atoms with Crippen molar-refractivity contribution in [2.24, 2.45) is 29.0 Å². The van der Waals surface area contributed by atoms with Crippen LogP contribution >= 0.6 is 23.1 Å². The minimum atomic E-state index is -0.774. The summed E-state index contributed by atoms with van der Waals surface area (Å²) in [7, 11) is 0. The van der Waals surface area contributed by atoms with Crippen LogP contribution in [0, 0.1) is 25.7 Å². The molecule has 8 heterocycles. The lowest BCUT2D eigenvalue weighted by Gasteiger charge is -2.35. The molecule has 2 atom stereocenters. The molecule has 4 amide bonds. The average Bonchev–Trinajstić information content (AvgIpc) is 3.94. The predicted molar refractivity (Wildman–Crippen MR) is 268 cm³/mol. The zero-order valence-electron chi connectivity index (χ0n) is 40.4. The van der Waals surface area contributed by atoms with Gasteiger partial charge in [-0.3, -0.25) is 19.2 Å². The Labute approximate surface area is 415 Å². The van der Waals surface area contributed by atoms with Crippen molar-refractivity contribution in [2.75, 3.05) is 72.8 Å². The number of aliphatic carboxylic acids is 1. The van der Waals surface area contributed by atoms with Crippen LogP contribution in [0.4, 0.5) is 38.1 Å². The summed E-state index contributed by atoms with van der Waals surface area (Å²) < 4.78 is 13.6. The predicted octanol–water partition coefficient (Wildman–Crippen LogP) is 3.90. The molecule has 4 aromatic heterocycles. The Morgan fingerprint density at radius 1 is 0.743 bits per heavy atom. The number of anilines is 6. The van der Waals surface area contributed by atoms with Crippen LogP contribution in [-0.2, 0) is 14.3 Å². The quantitative estimate of drug-likeness (QED) is 0.106. The van der Waals surface area contributed by atoms with E-state index in [0.29, 0.717) is 55.7 Å². The highest BCUT2D eigenvalue weighted by Crippen LogP contribution is 2.28. The van der Waals surface area contributed by atoms with Gasteiger partial charge in [0.2, 0.25) is 5.91 Å². The highest BCUT2D eigenvalue weighted by Gasteiger charge is 2.31. The van der Waals surface area contributed by atoms with Crippen molar-refractivity contribution in [2.45, 2.75) is 104 Å². The van der Waals surface area contributed by atoms with E-state index in [1.54, 1.807) is 17.3 Å². The molecule has 380 valence electrons. The van der Waals surface area contributed by atoms with Crippen molar-refractivity contribution in [1.29, 1.82) is 0 Å². The van der Waals surface area contributed by atoms with Crippen molar-refractivity contribution in [3.63, 3.8) is 0 Å². The molecule has 0 saturated carbocycles. The fourth-order valence-electron chi connectivity index (χ4n) is 8.24. The summed E-state index contributed by atoms with van der Waals surface area (Å²) >= 11 is 2.57. The number of rotatable bonds is 11. The first-order valence-corrected chi connectivity index (χ1v) is 25.1. The lowest BCUT2D eigenvalue weighted by Crippen LogP contribution is -2.50. The van der Waals surface area contributed by atoms with Crippen LogP contribution in [0.1, 0.15) is 105 Å². The number of carbonyl (C=O) groups excluding carboxylic acids is 4. The number of hydrogen-bond acceptors (Lipinski definition) is 20. The molecule has 4 aromatic rings. The van der Waals surface area contributed by atoms with Crippen LogP contribution in [0.2, 0.25) is 0 Å². The van der Waals surface area contributed by atoms with Gasteiger partial charge in [0, 0.05) is 57.3 Å². The number of carbonyl (C=O) groups is 5. The number of aromatic nitrogens is 6. The van der Waals surface area contributed by atoms with Gasteiger partial charge in [0.05, 0.1) is 29.7 Å². The van der Waals surface area contributed by atoms with Crippen molar-refractivity contribution in [3.05, 3.63) is 47.3 Å². The first kappa shape index (κ1) is 53.0. The summed E-state index contributed by atoms with van der Waals surface area (Å²) in [5, 5.41) is 23.1. The highest BCUT2D eigenvalue weighted by molar-refractivity contribution is 7.10. The van der Waals surface area contributed by atoms with E-state index in [2.05, 4.69) is 59.7 Å². The van der Waals surface area contributed by atoms with Crippen LogP contribution in [-0.4, -0.2) is 139 Å². The van der Waals surface area contributed by atoms with Crippen LogP contribution in [0.15, 0.2) is 24.5 Å².